The molecule has 2 rings (SSSR count). The number of anilines is 1. The van der Waals surface area contributed by atoms with Crippen LogP contribution in [0.5, 0.6) is 0 Å². The molecule has 0 bridgehead atoms. The lowest BCUT2D eigenvalue weighted by molar-refractivity contribution is -0.140. The number of carbonyl (C=O) groups excluding carboxylic acids is 2. The van der Waals surface area contributed by atoms with Gasteiger partial charge in [-0.1, -0.05) is 53.9 Å². The van der Waals surface area contributed by atoms with Crippen LogP contribution in [-0.4, -0.2) is 50.5 Å². The molecule has 2 aromatic carbocycles. The van der Waals surface area contributed by atoms with Crippen LogP contribution in [0, 0.1) is 13.8 Å². The van der Waals surface area contributed by atoms with Crippen LogP contribution >= 0.6 is 23.2 Å². The second-order valence-electron chi connectivity index (χ2n) is 8.10. The van der Waals surface area contributed by atoms with Gasteiger partial charge in [-0.25, -0.2) is 8.42 Å². The van der Waals surface area contributed by atoms with E-state index in [0.717, 1.165) is 21.7 Å². The zero-order chi connectivity index (χ0) is 25.6. The molecule has 0 fully saturated rings. The molecule has 0 radical (unpaired) electrons. The number of hydrogen-bond acceptors (Lipinski definition) is 4. The number of rotatable bonds is 10. The van der Waals surface area contributed by atoms with E-state index in [0.29, 0.717) is 34.3 Å². The summed E-state index contributed by atoms with van der Waals surface area (Å²) in [5, 5.41) is 3.45. The highest BCUT2D eigenvalue weighted by atomic mass is 35.5. The van der Waals surface area contributed by atoms with E-state index in [9.17, 15) is 18.0 Å². The van der Waals surface area contributed by atoms with Gasteiger partial charge in [-0.15, -0.1) is 0 Å². The molecule has 0 spiro atoms. The van der Waals surface area contributed by atoms with Crippen molar-refractivity contribution in [2.24, 2.45) is 0 Å². The van der Waals surface area contributed by atoms with Crippen LogP contribution in [0.1, 0.15) is 37.0 Å². The Morgan fingerprint density at radius 1 is 1.06 bits per heavy atom. The van der Waals surface area contributed by atoms with E-state index in [2.05, 4.69) is 5.32 Å². The van der Waals surface area contributed by atoms with Gasteiger partial charge in [0.15, 0.2) is 0 Å². The number of nitrogens with zero attached hydrogens (tertiary/aromatic N) is 2. The molecular formula is C24H31Cl2N3O4S. The van der Waals surface area contributed by atoms with Crippen LogP contribution in [0.4, 0.5) is 5.69 Å². The first-order chi connectivity index (χ1) is 15.9. The first-order valence-electron chi connectivity index (χ1n) is 11.0. The van der Waals surface area contributed by atoms with Crippen molar-refractivity contribution in [3.05, 3.63) is 63.1 Å². The molecule has 1 atom stereocenters. The molecule has 2 aromatic rings. The Hall–Kier alpha value is -2.29. The van der Waals surface area contributed by atoms with Gasteiger partial charge in [0, 0.05) is 28.7 Å². The first-order valence-corrected chi connectivity index (χ1v) is 13.6. The zero-order valence-corrected chi connectivity index (χ0v) is 22.4. The minimum atomic E-state index is -3.80. The predicted octanol–water partition coefficient (Wildman–Crippen LogP) is 4.32. The number of carbonyl (C=O) groups is 2. The van der Waals surface area contributed by atoms with Crippen LogP contribution in [0.15, 0.2) is 36.4 Å². The Labute approximate surface area is 212 Å². The summed E-state index contributed by atoms with van der Waals surface area (Å²) in [4.78, 5) is 27.8. The SMILES string of the molecule is CCNC(=O)C(CC)N(Cc1c(Cl)cccc1Cl)C(=O)CN(c1ccc(C)cc1C)S(C)(=O)=O. The van der Waals surface area contributed by atoms with Gasteiger partial charge in [0.1, 0.15) is 12.6 Å². The smallest absolute Gasteiger partial charge is 0.244 e. The summed E-state index contributed by atoms with van der Waals surface area (Å²) in [5.41, 5.74) is 2.58. The van der Waals surface area contributed by atoms with E-state index >= 15 is 0 Å². The minimum absolute atomic E-state index is 0.0442. The molecule has 0 aliphatic rings. The minimum Gasteiger partial charge on any atom is -0.355 e. The molecule has 0 saturated carbocycles. The third-order valence-electron chi connectivity index (χ3n) is 5.43. The maximum absolute atomic E-state index is 13.6. The Kier molecular flexibility index (Phi) is 9.79. The monoisotopic (exact) mass is 527 g/mol. The molecule has 186 valence electrons. The van der Waals surface area contributed by atoms with Gasteiger partial charge < -0.3 is 10.2 Å². The number of sulfonamides is 1. The number of amides is 2. The molecule has 0 aliphatic carbocycles. The second-order valence-corrected chi connectivity index (χ2v) is 10.8. The normalized spacial score (nSPS) is 12.2. The highest BCUT2D eigenvalue weighted by molar-refractivity contribution is 7.92. The van der Waals surface area contributed by atoms with E-state index in [4.69, 9.17) is 23.2 Å². The molecule has 0 aliphatic heterocycles. The number of benzene rings is 2. The molecule has 1 N–H and O–H groups in total. The van der Waals surface area contributed by atoms with Crippen LogP contribution < -0.4 is 9.62 Å². The summed E-state index contributed by atoms with van der Waals surface area (Å²) >= 11 is 12.7. The molecule has 0 saturated heterocycles. The van der Waals surface area contributed by atoms with E-state index in [-0.39, 0.29) is 12.5 Å². The molecule has 0 heterocycles. The summed E-state index contributed by atoms with van der Waals surface area (Å²) in [6, 6.07) is 9.47. The van der Waals surface area contributed by atoms with Gasteiger partial charge in [-0.2, -0.15) is 0 Å². The van der Waals surface area contributed by atoms with Gasteiger partial charge >= 0.3 is 0 Å². The van der Waals surface area contributed by atoms with E-state index < -0.39 is 28.5 Å². The molecule has 10 heteroatoms. The molecule has 2 amide bonds. The Morgan fingerprint density at radius 2 is 1.68 bits per heavy atom. The quantitative estimate of drug-likeness (QED) is 0.498. The van der Waals surface area contributed by atoms with Crippen LogP contribution in [0.3, 0.4) is 0 Å². The highest BCUT2D eigenvalue weighted by Gasteiger charge is 2.32. The van der Waals surface area contributed by atoms with Gasteiger partial charge in [0.05, 0.1) is 11.9 Å². The molecule has 34 heavy (non-hydrogen) atoms. The van der Waals surface area contributed by atoms with E-state index in [1.54, 1.807) is 51.1 Å². The van der Waals surface area contributed by atoms with Gasteiger partial charge in [-0.05, 0) is 51.0 Å². The maximum Gasteiger partial charge on any atom is 0.244 e. The van der Waals surface area contributed by atoms with Crippen molar-refractivity contribution >= 4 is 50.7 Å². The molecule has 0 aromatic heterocycles. The number of nitrogens with one attached hydrogen (secondary N) is 1. The van der Waals surface area contributed by atoms with Crippen molar-refractivity contribution < 1.29 is 18.0 Å². The fraction of sp³-hybridized carbons (Fsp3) is 0.417. The van der Waals surface area contributed by atoms with Crippen LogP contribution in [0.2, 0.25) is 10.0 Å². The Bertz CT molecular complexity index is 1130. The second kappa shape index (κ2) is 11.9. The van der Waals surface area contributed by atoms with Crippen molar-refractivity contribution in [1.29, 1.82) is 0 Å². The van der Waals surface area contributed by atoms with Gasteiger partial charge in [0.2, 0.25) is 21.8 Å². The topological polar surface area (TPSA) is 86.8 Å². The molecular weight excluding hydrogens is 497 g/mol. The Morgan fingerprint density at radius 3 is 2.18 bits per heavy atom. The van der Waals surface area contributed by atoms with Crippen molar-refractivity contribution in [3.8, 4) is 0 Å². The lowest BCUT2D eigenvalue weighted by Gasteiger charge is -2.33. The highest BCUT2D eigenvalue weighted by Crippen LogP contribution is 2.28. The summed E-state index contributed by atoms with van der Waals surface area (Å²) in [5.74, 6) is -0.876. The molecule has 1 unspecified atom stereocenters. The third kappa shape index (κ3) is 6.87. The maximum atomic E-state index is 13.6. The lowest BCUT2D eigenvalue weighted by Crippen LogP contribution is -2.52. The fourth-order valence-electron chi connectivity index (χ4n) is 3.75. The summed E-state index contributed by atoms with van der Waals surface area (Å²) < 4.78 is 26.5. The van der Waals surface area contributed by atoms with Crippen molar-refractivity contribution in [2.45, 2.75) is 46.7 Å². The van der Waals surface area contributed by atoms with Crippen molar-refractivity contribution in [3.63, 3.8) is 0 Å². The van der Waals surface area contributed by atoms with Crippen molar-refractivity contribution in [2.75, 3.05) is 23.7 Å². The van der Waals surface area contributed by atoms with E-state index in [1.165, 1.54) is 4.90 Å². The average Bonchev–Trinajstić information content (AvgIpc) is 2.73. The fourth-order valence-corrected chi connectivity index (χ4v) is 5.17. The summed E-state index contributed by atoms with van der Waals surface area (Å²) in [6.45, 7) is 7.14. The number of likely N-dealkylation sites (N-methyl/N-ethyl adjacent to an activating group) is 1. The van der Waals surface area contributed by atoms with Crippen LogP contribution in [-0.2, 0) is 26.2 Å². The number of halogens is 2. The number of aryl methyl sites for hydroxylation is 2. The summed E-state index contributed by atoms with van der Waals surface area (Å²) in [6.07, 6.45) is 1.37. The van der Waals surface area contributed by atoms with Crippen molar-refractivity contribution in [1.82, 2.24) is 10.2 Å². The molecule has 7 nitrogen and oxygen atoms in total. The summed E-state index contributed by atoms with van der Waals surface area (Å²) in [7, 11) is -3.80. The largest absolute Gasteiger partial charge is 0.355 e. The first kappa shape index (κ1) is 28.0. The average molecular weight is 529 g/mol. The Balaban J connectivity index is 2.53. The lowest BCUT2D eigenvalue weighted by atomic mass is 10.1. The zero-order valence-electron chi connectivity index (χ0n) is 20.1. The van der Waals surface area contributed by atoms with E-state index in [1.807, 2.05) is 13.0 Å². The van der Waals surface area contributed by atoms with Crippen LogP contribution in [0.25, 0.3) is 0 Å². The van der Waals surface area contributed by atoms with Gasteiger partial charge in [-0.3, -0.25) is 13.9 Å². The third-order valence-corrected chi connectivity index (χ3v) is 7.26. The standard InChI is InChI=1S/C24H31Cl2N3O4S/c1-6-21(24(31)27-7-2)28(14-18-19(25)9-8-10-20(18)26)23(30)15-29(34(5,32)33)22-12-11-16(3)13-17(22)4/h8-13,21H,6-7,14-15H2,1-5H3,(H,27,31). The predicted molar refractivity (Wildman–Crippen MR) is 138 cm³/mol. The number of hydrogen-bond donors (Lipinski definition) is 1. The van der Waals surface area contributed by atoms with Gasteiger partial charge in [0.25, 0.3) is 0 Å².